The van der Waals surface area contributed by atoms with Crippen molar-refractivity contribution in [2.75, 3.05) is 6.54 Å². The number of rotatable bonds is 6. The van der Waals surface area contributed by atoms with Crippen molar-refractivity contribution in [1.29, 1.82) is 0 Å². The van der Waals surface area contributed by atoms with Gasteiger partial charge in [0.1, 0.15) is 12.4 Å². The van der Waals surface area contributed by atoms with Crippen molar-refractivity contribution in [2.24, 2.45) is 11.8 Å². The molecule has 9 nitrogen and oxygen atoms in total. The molecule has 2 fully saturated rings. The number of benzene rings is 2. The van der Waals surface area contributed by atoms with Crippen LogP contribution in [0.3, 0.4) is 0 Å². The van der Waals surface area contributed by atoms with E-state index in [-0.39, 0.29) is 26.5 Å². The Balaban J connectivity index is 1.69. The molecule has 1 saturated heterocycles. The molecule has 3 amide bonds. The molecular formula is C23H18Br2FN3O6. The molecule has 2 aromatic carbocycles. The molecule has 0 spiro atoms. The summed E-state index contributed by atoms with van der Waals surface area (Å²) in [6, 6.07) is 9.27. The molecular weight excluding hydrogens is 593 g/mol. The maximum Gasteiger partial charge on any atom is 0.273 e. The van der Waals surface area contributed by atoms with Gasteiger partial charge >= 0.3 is 0 Å². The van der Waals surface area contributed by atoms with E-state index < -0.39 is 52.6 Å². The minimum absolute atomic E-state index is 0.0466. The highest BCUT2D eigenvalue weighted by Gasteiger charge is 2.54. The number of carbonyl (C=O) groups excluding carboxylic acids is 4. The largest absolute Gasteiger partial charge is 0.292 e. The molecule has 1 saturated carbocycles. The van der Waals surface area contributed by atoms with E-state index >= 15 is 0 Å². The van der Waals surface area contributed by atoms with Crippen LogP contribution in [-0.2, 0) is 9.59 Å². The molecule has 0 bridgehead atoms. The molecule has 1 aliphatic carbocycles. The Hall–Kier alpha value is -2.99. The van der Waals surface area contributed by atoms with Crippen LogP contribution in [0.15, 0.2) is 48.5 Å². The van der Waals surface area contributed by atoms with Gasteiger partial charge in [0, 0.05) is 32.9 Å². The summed E-state index contributed by atoms with van der Waals surface area (Å²) in [6.45, 7) is -0.659. The molecule has 0 aromatic heterocycles. The van der Waals surface area contributed by atoms with Crippen LogP contribution in [0.25, 0.3) is 0 Å². The van der Waals surface area contributed by atoms with Crippen LogP contribution in [0.1, 0.15) is 33.6 Å². The first-order chi connectivity index (χ1) is 16.6. The number of alkyl halides is 2. The lowest BCUT2D eigenvalue weighted by molar-refractivity contribution is -0.384. The highest BCUT2D eigenvalue weighted by Crippen LogP contribution is 2.43. The second-order valence-corrected chi connectivity index (χ2v) is 10.7. The number of amides is 3. The van der Waals surface area contributed by atoms with Crippen molar-refractivity contribution >= 4 is 61.1 Å². The molecule has 0 N–H and O–H groups in total. The quantitative estimate of drug-likeness (QED) is 0.161. The molecule has 182 valence electrons. The number of carbonyl (C=O) groups is 4. The molecule has 2 aliphatic rings. The lowest BCUT2D eigenvalue weighted by Crippen LogP contribution is -2.52. The van der Waals surface area contributed by atoms with E-state index in [1.165, 1.54) is 24.3 Å². The number of hydrogen-bond donors (Lipinski definition) is 0. The third-order valence-corrected chi connectivity index (χ3v) is 8.88. The third-order valence-electron chi connectivity index (χ3n) is 6.15. The first-order valence-corrected chi connectivity index (χ1v) is 12.4. The zero-order chi connectivity index (χ0) is 25.4. The van der Waals surface area contributed by atoms with Gasteiger partial charge in [0.05, 0.1) is 16.8 Å². The molecule has 4 rings (SSSR count). The predicted molar refractivity (Wildman–Crippen MR) is 128 cm³/mol. The summed E-state index contributed by atoms with van der Waals surface area (Å²) in [5.74, 6) is -4.52. The van der Waals surface area contributed by atoms with E-state index in [4.69, 9.17) is 0 Å². The molecule has 35 heavy (non-hydrogen) atoms. The third kappa shape index (κ3) is 4.90. The smallest absolute Gasteiger partial charge is 0.273 e. The van der Waals surface area contributed by atoms with Crippen LogP contribution in [-0.4, -0.2) is 54.6 Å². The van der Waals surface area contributed by atoms with Crippen molar-refractivity contribution < 1.29 is 28.5 Å². The highest BCUT2D eigenvalue weighted by atomic mass is 79.9. The number of hydrazine groups is 1. The number of nitro groups is 1. The number of ketones is 1. The Morgan fingerprint density at radius 3 is 1.91 bits per heavy atom. The van der Waals surface area contributed by atoms with Gasteiger partial charge in [0.2, 0.25) is 0 Å². The Bertz CT molecular complexity index is 1180. The first kappa shape index (κ1) is 25.1. The van der Waals surface area contributed by atoms with Crippen molar-refractivity contribution in [3.8, 4) is 0 Å². The zero-order valence-electron chi connectivity index (χ0n) is 18.0. The lowest BCUT2D eigenvalue weighted by atomic mass is 9.81. The number of halogens is 3. The van der Waals surface area contributed by atoms with Gasteiger partial charge in [-0.3, -0.25) is 29.3 Å². The molecule has 0 radical (unpaired) electrons. The van der Waals surface area contributed by atoms with E-state index in [0.717, 1.165) is 34.3 Å². The second kappa shape index (κ2) is 9.94. The second-order valence-electron chi connectivity index (χ2n) is 8.30. The zero-order valence-corrected chi connectivity index (χ0v) is 21.1. The normalized spacial score (nSPS) is 23.7. The average molecular weight is 611 g/mol. The predicted octanol–water partition coefficient (Wildman–Crippen LogP) is 3.90. The van der Waals surface area contributed by atoms with E-state index in [9.17, 15) is 33.7 Å². The maximum atomic E-state index is 13.4. The van der Waals surface area contributed by atoms with Crippen LogP contribution in [0.5, 0.6) is 0 Å². The van der Waals surface area contributed by atoms with Gasteiger partial charge in [-0.05, 0) is 49.2 Å². The fourth-order valence-corrected chi connectivity index (χ4v) is 5.52. The van der Waals surface area contributed by atoms with Crippen LogP contribution < -0.4 is 0 Å². The van der Waals surface area contributed by atoms with E-state index in [1.54, 1.807) is 0 Å². The molecule has 4 atom stereocenters. The van der Waals surface area contributed by atoms with Crippen molar-refractivity contribution in [3.63, 3.8) is 0 Å². The number of nitro benzene ring substituents is 1. The van der Waals surface area contributed by atoms with Crippen molar-refractivity contribution in [3.05, 3.63) is 75.6 Å². The topological polar surface area (TPSA) is 118 Å². The van der Waals surface area contributed by atoms with Gasteiger partial charge in [0.15, 0.2) is 5.78 Å². The summed E-state index contributed by atoms with van der Waals surface area (Å²) >= 11 is 7.01. The fourth-order valence-electron chi connectivity index (χ4n) is 4.29. The number of nitrogens with zero attached hydrogens (tertiary/aromatic N) is 3. The average Bonchev–Trinajstić information content (AvgIpc) is 3.06. The van der Waals surface area contributed by atoms with Crippen LogP contribution in [0.4, 0.5) is 10.1 Å². The summed E-state index contributed by atoms with van der Waals surface area (Å²) < 4.78 is 13.3. The number of fused-ring (bicyclic) bond motifs is 1. The Kier molecular flexibility index (Phi) is 7.13. The van der Waals surface area contributed by atoms with Crippen molar-refractivity contribution in [2.45, 2.75) is 22.5 Å². The standard InChI is InChI=1S/C23H18Br2FN3O6/c24-18-9-16-17(10-19(18)25)23(33)28(22(16)32)27(11-20(30)12-1-5-14(26)6-2-12)21(31)13-3-7-15(8-4-13)29(34)35/h1-8,16-19H,9-11H2/t16-,17-,18+,19+/m1/s1. The Morgan fingerprint density at radius 2 is 1.43 bits per heavy atom. The first-order valence-electron chi connectivity index (χ1n) is 10.6. The van der Waals surface area contributed by atoms with Gasteiger partial charge in [-0.2, -0.15) is 5.01 Å². The SMILES string of the molecule is O=C(CN(C(=O)c1ccc([N+](=O)[O-])cc1)N1C(=O)[C@@H]2C[C@H](Br)[C@@H](Br)C[C@H]2C1=O)c1ccc(F)cc1. The van der Waals surface area contributed by atoms with Crippen molar-refractivity contribution in [1.82, 2.24) is 10.0 Å². The van der Waals surface area contributed by atoms with E-state index in [1.807, 2.05) is 0 Å². The summed E-state index contributed by atoms with van der Waals surface area (Å²) in [5, 5.41) is 12.5. The summed E-state index contributed by atoms with van der Waals surface area (Å²) in [7, 11) is 0. The fraction of sp³-hybridized carbons (Fsp3) is 0.304. The van der Waals surface area contributed by atoms with Crippen LogP contribution in [0, 0.1) is 27.8 Å². The highest BCUT2D eigenvalue weighted by molar-refractivity contribution is 9.12. The van der Waals surface area contributed by atoms with Gasteiger partial charge in [-0.25, -0.2) is 9.40 Å². The Labute approximate surface area is 215 Å². The number of hydrogen-bond acceptors (Lipinski definition) is 6. The molecule has 0 unspecified atom stereocenters. The monoisotopic (exact) mass is 609 g/mol. The van der Waals surface area contributed by atoms with Gasteiger partial charge in [0.25, 0.3) is 23.4 Å². The molecule has 12 heteroatoms. The van der Waals surface area contributed by atoms with Crippen LogP contribution >= 0.6 is 31.9 Å². The summed E-state index contributed by atoms with van der Waals surface area (Å²) in [5.41, 5.74) is -0.207. The molecule has 2 aromatic rings. The summed E-state index contributed by atoms with van der Waals surface area (Å²) in [6.07, 6.45) is 0.736. The van der Waals surface area contributed by atoms with Gasteiger partial charge < -0.3 is 0 Å². The molecule has 1 aliphatic heterocycles. The maximum absolute atomic E-state index is 13.4. The van der Waals surface area contributed by atoms with E-state index in [0.29, 0.717) is 12.8 Å². The number of non-ortho nitro benzene ring substituents is 1. The lowest BCUT2D eigenvalue weighted by Gasteiger charge is -2.30. The number of Topliss-reactive ketones (excluding diaryl/α,β-unsaturated/α-hetero) is 1. The minimum atomic E-state index is -0.846. The van der Waals surface area contributed by atoms with Gasteiger partial charge in [-0.1, -0.05) is 31.9 Å². The van der Waals surface area contributed by atoms with Crippen LogP contribution in [0.2, 0.25) is 0 Å². The molecule has 1 heterocycles. The van der Waals surface area contributed by atoms with Gasteiger partial charge in [-0.15, -0.1) is 0 Å². The summed E-state index contributed by atoms with van der Waals surface area (Å²) in [4.78, 5) is 63.3. The van der Waals surface area contributed by atoms with E-state index in [2.05, 4.69) is 31.9 Å². The Morgan fingerprint density at radius 1 is 0.943 bits per heavy atom. The minimum Gasteiger partial charge on any atom is -0.292 e. The number of imide groups is 1.